The Kier molecular flexibility index (Phi) is 7.89. The minimum atomic E-state index is -4.06. The first-order valence-corrected chi connectivity index (χ1v) is 10.7. The van der Waals surface area contributed by atoms with Gasteiger partial charge in [-0.15, -0.1) is 0 Å². The third-order valence-corrected chi connectivity index (χ3v) is 6.14. The Morgan fingerprint density at radius 3 is 2.41 bits per heavy atom. The lowest BCUT2D eigenvalue weighted by atomic mass is 10.2. The van der Waals surface area contributed by atoms with Gasteiger partial charge in [-0.3, -0.25) is 9.10 Å². The molecule has 0 fully saturated rings. The quantitative estimate of drug-likeness (QED) is 0.647. The summed E-state index contributed by atoms with van der Waals surface area (Å²) in [5, 5.41) is 3.04. The molecule has 1 N–H and O–H groups in total. The number of carbonyl (C=O) groups excluding carboxylic acids is 1. The van der Waals surface area contributed by atoms with Gasteiger partial charge < -0.3 is 14.8 Å². The van der Waals surface area contributed by atoms with E-state index in [1.165, 1.54) is 32.4 Å². The van der Waals surface area contributed by atoms with Gasteiger partial charge in [0.05, 0.1) is 24.3 Å². The molecule has 2 rings (SSSR count). The van der Waals surface area contributed by atoms with Gasteiger partial charge in [0.1, 0.15) is 12.3 Å². The zero-order chi connectivity index (χ0) is 21.6. The molecule has 0 saturated heterocycles. The number of carbonyl (C=O) groups is 1. The molecule has 29 heavy (non-hydrogen) atoms. The van der Waals surface area contributed by atoms with Crippen LogP contribution in [0.1, 0.15) is 12.5 Å². The Morgan fingerprint density at radius 2 is 1.83 bits per heavy atom. The van der Waals surface area contributed by atoms with Gasteiger partial charge in [-0.1, -0.05) is 29.3 Å². The van der Waals surface area contributed by atoms with E-state index in [4.69, 9.17) is 21.1 Å². The van der Waals surface area contributed by atoms with E-state index in [0.717, 1.165) is 9.87 Å². The molecule has 7 nitrogen and oxygen atoms in total. The van der Waals surface area contributed by atoms with Crippen LogP contribution < -0.4 is 14.4 Å². The van der Waals surface area contributed by atoms with Gasteiger partial charge in [-0.25, -0.2) is 8.42 Å². The summed E-state index contributed by atoms with van der Waals surface area (Å²) < 4.78 is 38.1. The summed E-state index contributed by atoms with van der Waals surface area (Å²) in [5.74, 6) is -0.199. The number of methoxy groups -OCH3 is 2. The molecule has 158 valence electrons. The second-order valence-electron chi connectivity index (χ2n) is 6.56. The highest BCUT2D eigenvalue weighted by Crippen LogP contribution is 2.34. The summed E-state index contributed by atoms with van der Waals surface area (Å²) in [6, 6.07) is 10.7. The van der Waals surface area contributed by atoms with Gasteiger partial charge in [-0.05, 0) is 44.2 Å². The largest absolute Gasteiger partial charge is 0.495 e. The first kappa shape index (κ1) is 23.0. The average Bonchev–Trinajstić information content (AvgIpc) is 2.66. The van der Waals surface area contributed by atoms with Crippen molar-refractivity contribution in [2.45, 2.75) is 24.8 Å². The number of ether oxygens (including phenoxy) is 2. The number of hydrogen-bond acceptors (Lipinski definition) is 5. The van der Waals surface area contributed by atoms with E-state index < -0.39 is 22.5 Å². The minimum Gasteiger partial charge on any atom is -0.495 e. The molecule has 0 bridgehead atoms. The van der Waals surface area contributed by atoms with E-state index in [1.807, 2.05) is 6.92 Å². The molecule has 0 heterocycles. The van der Waals surface area contributed by atoms with Crippen molar-refractivity contribution < 1.29 is 22.7 Å². The number of anilines is 1. The van der Waals surface area contributed by atoms with E-state index in [-0.39, 0.29) is 22.4 Å². The minimum absolute atomic E-state index is 0.0582. The van der Waals surface area contributed by atoms with Gasteiger partial charge in [0.15, 0.2) is 0 Å². The van der Waals surface area contributed by atoms with Crippen molar-refractivity contribution in [2.75, 3.05) is 31.7 Å². The molecular formula is C20H25ClN2O5S. The van der Waals surface area contributed by atoms with Crippen molar-refractivity contribution in [3.05, 3.63) is 53.1 Å². The molecule has 0 saturated carbocycles. The summed E-state index contributed by atoms with van der Waals surface area (Å²) in [5.41, 5.74) is 1.09. The van der Waals surface area contributed by atoms with Crippen molar-refractivity contribution in [3.8, 4) is 5.75 Å². The van der Waals surface area contributed by atoms with Crippen molar-refractivity contribution in [2.24, 2.45) is 0 Å². The van der Waals surface area contributed by atoms with Crippen LogP contribution in [0.5, 0.6) is 5.75 Å². The molecule has 1 amide bonds. The Bertz CT molecular complexity index is 948. The van der Waals surface area contributed by atoms with Crippen LogP contribution in [0.4, 0.5) is 5.69 Å². The number of amides is 1. The average molecular weight is 441 g/mol. The first-order chi connectivity index (χ1) is 13.7. The summed E-state index contributed by atoms with van der Waals surface area (Å²) in [6.45, 7) is 3.48. The molecule has 2 aromatic rings. The van der Waals surface area contributed by atoms with Crippen LogP contribution >= 0.6 is 11.6 Å². The number of nitrogens with zero attached hydrogens (tertiary/aromatic N) is 1. The number of halogens is 1. The van der Waals surface area contributed by atoms with Gasteiger partial charge in [-0.2, -0.15) is 0 Å². The Labute approximate surface area is 176 Å². The Hall–Kier alpha value is -2.29. The lowest BCUT2D eigenvalue weighted by Crippen LogP contribution is -2.44. The van der Waals surface area contributed by atoms with Gasteiger partial charge in [0.2, 0.25) is 5.91 Å². The third-order valence-electron chi connectivity index (χ3n) is 4.13. The van der Waals surface area contributed by atoms with Crippen LogP contribution in [0.2, 0.25) is 5.02 Å². The van der Waals surface area contributed by atoms with Gasteiger partial charge in [0.25, 0.3) is 10.0 Å². The van der Waals surface area contributed by atoms with Crippen molar-refractivity contribution in [1.82, 2.24) is 5.32 Å². The van der Waals surface area contributed by atoms with Crippen LogP contribution in [0.3, 0.4) is 0 Å². The highest BCUT2D eigenvalue weighted by molar-refractivity contribution is 7.92. The smallest absolute Gasteiger partial charge is 0.264 e. The topological polar surface area (TPSA) is 84.9 Å². The van der Waals surface area contributed by atoms with Crippen LogP contribution in [0.25, 0.3) is 0 Å². The fourth-order valence-electron chi connectivity index (χ4n) is 2.74. The highest BCUT2D eigenvalue weighted by atomic mass is 35.5. The molecule has 0 radical (unpaired) electrons. The fourth-order valence-corrected chi connectivity index (χ4v) is 4.33. The lowest BCUT2D eigenvalue weighted by Gasteiger charge is -2.26. The SMILES string of the molecule is COC[C@@H](C)NC(=O)CN(c1cc(Cl)ccc1OC)S(=O)(=O)c1ccc(C)cc1. The third kappa shape index (κ3) is 5.85. The molecular weight excluding hydrogens is 416 g/mol. The van der Waals surface area contributed by atoms with E-state index >= 15 is 0 Å². The Balaban J connectivity index is 2.50. The maximum absolute atomic E-state index is 13.4. The van der Waals surface area contributed by atoms with E-state index in [0.29, 0.717) is 11.6 Å². The molecule has 0 spiro atoms. The summed E-state index contributed by atoms with van der Waals surface area (Å²) in [6.07, 6.45) is 0. The van der Waals surface area contributed by atoms with E-state index in [9.17, 15) is 13.2 Å². The highest BCUT2D eigenvalue weighted by Gasteiger charge is 2.30. The molecule has 0 aliphatic heterocycles. The number of nitrogens with one attached hydrogen (secondary N) is 1. The molecule has 9 heteroatoms. The predicted octanol–water partition coefficient (Wildman–Crippen LogP) is 3.00. The number of rotatable bonds is 9. The number of aryl methyl sites for hydroxylation is 1. The van der Waals surface area contributed by atoms with Crippen LogP contribution in [-0.2, 0) is 19.6 Å². The maximum atomic E-state index is 13.4. The van der Waals surface area contributed by atoms with Crippen molar-refractivity contribution in [1.29, 1.82) is 0 Å². The van der Waals surface area contributed by atoms with Crippen molar-refractivity contribution in [3.63, 3.8) is 0 Å². The Morgan fingerprint density at radius 1 is 1.17 bits per heavy atom. The van der Waals surface area contributed by atoms with Gasteiger partial charge >= 0.3 is 0 Å². The molecule has 2 aromatic carbocycles. The second kappa shape index (κ2) is 9.96. The normalized spacial score (nSPS) is 12.3. The number of sulfonamides is 1. The van der Waals surface area contributed by atoms with E-state index in [1.54, 1.807) is 31.2 Å². The monoisotopic (exact) mass is 440 g/mol. The number of benzene rings is 2. The van der Waals surface area contributed by atoms with Crippen LogP contribution in [-0.4, -0.2) is 47.7 Å². The molecule has 0 unspecified atom stereocenters. The predicted molar refractivity (Wildman–Crippen MR) is 113 cm³/mol. The summed E-state index contributed by atoms with van der Waals surface area (Å²) in [7, 11) is -1.12. The van der Waals surface area contributed by atoms with Crippen LogP contribution in [0, 0.1) is 6.92 Å². The van der Waals surface area contributed by atoms with Gasteiger partial charge in [0, 0.05) is 18.2 Å². The second-order valence-corrected chi connectivity index (χ2v) is 8.86. The van der Waals surface area contributed by atoms with E-state index in [2.05, 4.69) is 5.32 Å². The standard InChI is InChI=1S/C20H25ClN2O5S/c1-14-5-8-17(9-6-14)29(25,26)23(12-20(24)22-15(2)13-27-3)18-11-16(21)7-10-19(18)28-4/h5-11,15H,12-13H2,1-4H3,(H,22,24)/t15-/m1/s1. The first-order valence-electron chi connectivity index (χ1n) is 8.90. The molecule has 0 aromatic heterocycles. The fraction of sp³-hybridized carbons (Fsp3) is 0.350. The molecule has 0 aliphatic rings. The van der Waals surface area contributed by atoms with Crippen molar-refractivity contribution >= 4 is 33.2 Å². The lowest BCUT2D eigenvalue weighted by molar-refractivity contribution is -0.120. The zero-order valence-electron chi connectivity index (χ0n) is 16.8. The molecule has 1 atom stereocenters. The summed E-state index contributed by atoms with van der Waals surface area (Å²) >= 11 is 6.10. The zero-order valence-corrected chi connectivity index (χ0v) is 18.4. The van der Waals surface area contributed by atoms with Crippen LogP contribution in [0.15, 0.2) is 47.4 Å². The maximum Gasteiger partial charge on any atom is 0.264 e. The number of hydrogen-bond donors (Lipinski definition) is 1. The molecule has 0 aliphatic carbocycles. The summed E-state index contributed by atoms with van der Waals surface area (Å²) in [4.78, 5) is 12.6.